The average Bonchev–Trinajstić information content (AvgIpc) is 2.45. The SMILES string of the molecule is CCC1CCC(C(NC)c2cccc(Cl)c2C)CC1. The van der Waals surface area contributed by atoms with E-state index in [1.165, 1.54) is 43.2 Å². The summed E-state index contributed by atoms with van der Waals surface area (Å²) in [5.41, 5.74) is 2.62. The minimum Gasteiger partial charge on any atom is -0.313 e. The van der Waals surface area contributed by atoms with Crippen LogP contribution in [-0.4, -0.2) is 7.05 Å². The molecule has 1 aromatic rings. The third-order valence-corrected chi connectivity index (χ3v) is 5.31. The first-order chi connectivity index (χ1) is 9.17. The smallest absolute Gasteiger partial charge is 0.0438 e. The van der Waals surface area contributed by atoms with Gasteiger partial charge in [-0.3, -0.25) is 0 Å². The van der Waals surface area contributed by atoms with Gasteiger partial charge in [0.2, 0.25) is 0 Å². The van der Waals surface area contributed by atoms with E-state index < -0.39 is 0 Å². The lowest BCUT2D eigenvalue weighted by Gasteiger charge is -2.34. The van der Waals surface area contributed by atoms with E-state index >= 15 is 0 Å². The maximum absolute atomic E-state index is 6.27. The third-order valence-electron chi connectivity index (χ3n) is 4.90. The first-order valence-electron chi connectivity index (χ1n) is 7.59. The van der Waals surface area contributed by atoms with Crippen molar-refractivity contribution in [1.82, 2.24) is 5.32 Å². The van der Waals surface area contributed by atoms with Crippen LogP contribution in [-0.2, 0) is 0 Å². The summed E-state index contributed by atoms with van der Waals surface area (Å²) in [7, 11) is 2.08. The van der Waals surface area contributed by atoms with Crippen LogP contribution in [0.4, 0.5) is 0 Å². The Kier molecular flexibility index (Phi) is 5.29. The van der Waals surface area contributed by atoms with Gasteiger partial charge in [-0.1, -0.05) is 49.9 Å². The van der Waals surface area contributed by atoms with Crippen molar-refractivity contribution >= 4 is 11.6 Å². The summed E-state index contributed by atoms with van der Waals surface area (Å²) in [5.74, 6) is 1.71. The van der Waals surface area contributed by atoms with Crippen LogP contribution in [0.15, 0.2) is 18.2 Å². The summed E-state index contributed by atoms with van der Waals surface area (Å²) >= 11 is 6.27. The third kappa shape index (κ3) is 3.32. The van der Waals surface area contributed by atoms with Crippen molar-refractivity contribution in [3.05, 3.63) is 34.3 Å². The first-order valence-corrected chi connectivity index (χ1v) is 7.97. The second-order valence-corrected chi connectivity index (χ2v) is 6.32. The van der Waals surface area contributed by atoms with Gasteiger partial charge < -0.3 is 5.32 Å². The van der Waals surface area contributed by atoms with E-state index in [1.807, 2.05) is 6.07 Å². The molecule has 0 aliphatic heterocycles. The first kappa shape index (κ1) is 14.9. The van der Waals surface area contributed by atoms with Crippen molar-refractivity contribution in [3.63, 3.8) is 0 Å². The fraction of sp³-hybridized carbons (Fsp3) is 0.647. The Morgan fingerprint density at radius 2 is 1.95 bits per heavy atom. The Balaban J connectivity index is 2.14. The predicted octanol–water partition coefficient (Wildman–Crippen LogP) is 5.13. The average molecular weight is 280 g/mol. The van der Waals surface area contributed by atoms with E-state index in [4.69, 9.17) is 11.6 Å². The Labute approximate surface area is 122 Å². The Morgan fingerprint density at radius 3 is 2.53 bits per heavy atom. The molecule has 19 heavy (non-hydrogen) atoms. The van der Waals surface area contributed by atoms with Crippen molar-refractivity contribution in [2.75, 3.05) is 7.05 Å². The maximum atomic E-state index is 6.27. The molecular formula is C17H26ClN. The highest BCUT2D eigenvalue weighted by atomic mass is 35.5. The summed E-state index contributed by atoms with van der Waals surface area (Å²) in [6.07, 6.45) is 6.80. The maximum Gasteiger partial charge on any atom is 0.0438 e. The standard InChI is InChI=1S/C17H26ClN/c1-4-13-8-10-14(11-9-13)17(19-3)15-6-5-7-16(18)12(15)2/h5-7,13-14,17,19H,4,8-11H2,1-3H3. The highest BCUT2D eigenvalue weighted by molar-refractivity contribution is 6.31. The number of rotatable bonds is 4. The van der Waals surface area contributed by atoms with Crippen LogP contribution >= 0.6 is 11.6 Å². The molecule has 2 rings (SSSR count). The molecule has 0 amide bonds. The number of benzene rings is 1. The summed E-state index contributed by atoms with van der Waals surface area (Å²) in [4.78, 5) is 0. The monoisotopic (exact) mass is 279 g/mol. The molecule has 2 heteroatoms. The Morgan fingerprint density at radius 1 is 1.26 bits per heavy atom. The van der Waals surface area contributed by atoms with Crippen LogP contribution in [0, 0.1) is 18.8 Å². The molecule has 1 aromatic carbocycles. The molecule has 1 aliphatic carbocycles. The van der Waals surface area contributed by atoms with Crippen molar-refractivity contribution in [1.29, 1.82) is 0 Å². The summed E-state index contributed by atoms with van der Waals surface area (Å²) in [6.45, 7) is 4.46. The van der Waals surface area contributed by atoms with E-state index in [1.54, 1.807) is 0 Å². The molecule has 0 aromatic heterocycles. The number of hydrogen-bond acceptors (Lipinski definition) is 1. The zero-order valence-corrected chi connectivity index (χ0v) is 13.1. The van der Waals surface area contributed by atoms with E-state index in [0.29, 0.717) is 6.04 Å². The number of halogens is 1. The van der Waals surface area contributed by atoms with Crippen molar-refractivity contribution in [3.8, 4) is 0 Å². The lowest BCUT2D eigenvalue weighted by atomic mass is 9.75. The molecule has 106 valence electrons. The van der Waals surface area contributed by atoms with Crippen molar-refractivity contribution in [2.24, 2.45) is 11.8 Å². The molecule has 0 heterocycles. The van der Waals surface area contributed by atoms with Gasteiger partial charge in [0.05, 0.1) is 0 Å². The van der Waals surface area contributed by atoms with Gasteiger partial charge in [-0.2, -0.15) is 0 Å². The van der Waals surface area contributed by atoms with Gasteiger partial charge in [0.15, 0.2) is 0 Å². The highest BCUT2D eigenvalue weighted by Crippen LogP contribution is 2.39. The number of hydrogen-bond donors (Lipinski definition) is 1. The molecule has 0 saturated heterocycles. The zero-order chi connectivity index (χ0) is 13.8. The fourth-order valence-corrected chi connectivity index (χ4v) is 3.72. The van der Waals surface area contributed by atoms with Crippen LogP contribution in [0.25, 0.3) is 0 Å². The van der Waals surface area contributed by atoms with E-state index in [9.17, 15) is 0 Å². The predicted molar refractivity (Wildman–Crippen MR) is 83.7 cm³/mol. The van der Waals surface area contributed by atoms with Crippen molar-refractivity contribution in [2.45, 2.75) is 52.0 Å². The molecule has 1 unspecified atom stereocenters. The normalized spacial score (nSPS) is 25.3. The Bertz CT molecular complexity index is 408. The van der Waals surface area contributed by atoms with Crippen molar-refractivity contribution < 1.29 is 0 Å². The second kappa shape index (κ2) is 6.76. The molecule has 0 spiro atoms. The Hall–Kier alpha value is -0.530. The van der Waals surface area contributed by atoms with Gasteiger partial charge in [-0.25, -0.2) is 0 Å². The molecule has 1 nitrogen and oxygen atoms in total. The highest BCUT2D eigenvalue weighted by Gasteiger charge is 2.28. The summed E-state index contributed by atoms with van der Waals surface area (Å²) in [5, 5.41) is 4.42. The topological polar surface area (TPSA) is 12.0 Å². The van der Waals surface area contributed by atoms with Crippen LogP contribution in [0.3, 0.4) is 0 Å². The van der Waals surface area contributed by atoms with Crippen LogP contribution in [0.1, 0.15) is 56.2 Å². The van der Waals surface area contributed by atoms with Gasteiger partial charge in [-0.05, 0) is 55.8 Å². The fourth-order valence-electron chi connectivity index (χ4n) is 3.54. The molecule has 1 fully saturated rings. The largest absolute Gasteiger partial charge is 0.313 e. The van der Waals surface area contributed by atoms with Gasteiger partial charge in [0.25, 0.3) is 0 Å². The lowest BCUT2D eigenvalue weighted by Crippen LogP contribution is -2.29. The summed E-state index contributed by atoms with van der Waals surface area (Å²) < 4.78 is 0. The van der Waals surface area contributed by atoms with Crippen LogP contribution in [0.5, 0.6) is 0 Å². The molecule has 1 atom stereocenters. The molecule has 0 bridgehead atoms. The van der Waals surface area contributed by atoms with Gasteiger partial charge in [-0.15, -0.1) is 0 Å². The molecule has 1 saturated carbocycles. The second-order valence-electron chi connectivity index (χ2n) is 5.91. The molecular weight excluding hydrogens is 254 g/mol. The van der Waals surface area contributed by atoms with E-state index in [0.717, 1.165) is 16.9 Å². The van der Waals surface area contributed by atoms with Gasteiger partial charge in [0, 0.05) is 11.1 Å². The van der Waals surface area contributed by atoms with Crippen LogP contribution in [0.2, 0.25) is 5.02 Å². The summed E-state index contributed by atoms with van der Waals surface area (Å²) in [6, 6.07) is 6.75. The van der Waals surface area contributed by atoms with E-state index in [2.05, 4.69) is 38.3 Å². The quantitative estimate of drug-likeness (QED) is 0.806. The van der Waals surface area contributed by atoms with Crippen LogP contribution < -0.4 is 5.32 Å². The minimum atomic E-state index is 0.455. The lowest BCUT2D eigenvalue weighted by molar-refractivity contribution is 0.224. The van der Waals surface area contributed by atoms with Gasteiger partial charge >= 0.3 is 0 Å². The van der Waals surface area contributed by atoms with Gasteiger partial charge in [0.1, 0.15) is 0 Å². The minimum absolute atomic E-state index is 0.455. The molecule has 1 N–H and O–H groups in total. The molecule has 1 aliphatic rings. The molecule has 0 radical (unpaired) electrons. The number of nitrogens with one attached hydrogen (secondary N) is 1. The van der Waals surface area contributed by atoms with E-state index in [-0.39, 0.29) is 0 Å². The zero-order valence-electron chi connectivity index (χ0n) is 12.4.